The monoisotopic (exact) mass is 266 g/mol. The molecule has 0 aromatic heterocycles. The maximum absolute atomic E-state index is 4.74. The summed E-state index contributed by atoms with van der Waals surface area (Å²) in [6, 6.07) is 16.9. The van der Waals surface area contributed by atoms with Crippen molar-refractivity contribution >= 4 is 11.4 Å². The van der Waals surface area contributed by atoms with Crippen LogP contribution in [0.5, 0.6) is 0 Å². The molecule has 0 saturated heterocycles. The van der Waals surface area contributed by atoms with Gasteiger partial charge in [-0.15, -0.1) is 0 Å². The predicted molar refractivity (Wildman–Crippen MR) is 88.1 cm³/mol. The van der Waals surface area contributed by atoms with Crippen molar-refractivity contribution < 1.29 is 0 Å². The molecule has 0 fully saturated rings. The van der Waals surface area contributed by atoms with Crippen molar-refractivity contribution in [2.45, 2.75) is 13.8 Å². The lowest BCUT2D eigenvalue weighted by Crippen LogP contribution is -2.15. The summed E-state index contributed by atoms with van der Waals surface area (Å²) >= 11 is 0. The molecule has 2 heteroatoms. The van der Waals surface area contributed by atoms with Crippen molar-refractivity contribution in [1.29, 1.82) is 0 Å². The summed E-state index contributed by atoms with van der Waals surface area (Å²) in [5.41, 5.74) is 5.89. The molecule has 0 heterocycles. The van der Waals surface area contributed by atoms with Gasteiger partial charge in [-0.05, 0) is 26.0 Å². The predicted octanol–water partition coefficient (Wildman–Crippen LogP) is 3.92. The van der Waals surface area contributed by atoms with E-state index in [0.29, 0.717) is 0 Å². The Morgan fingerprint density at radius 1 is 1.05 bits per heavy atom. The van der Waals surface area contributed by atoms with Gasteiger partial charge in [0.1, 0.15) is 0 Å². The van der Waals surface area contributed by atoms with Crippen molar-refractivity contribution in [3.05, 3.63) is 65.2 Å². The summed E-state index contributed by atoms with van der Waals surface area (Å²) in [5, 5.41) is 0. The average Bonchev–Trinajstić information content (AvgIpc) is 2.45. The second-order valence-electron chi connectivity index (χ2n) is 5.10. The normalized spacial score (nSPS) is 11.5. The van der Waals surface area contributed by atoms with Gasteiger partial charge in [0.25, 0.3) is 0 Å². The van der Waals surface area contributed by atoms with Gasteiger partial charge in [0.05, 0.1) is 5.71 Å². The molecule has 0 aliphatic rings. The van der Waals surface area contributed by atoms with Crippen LogP contribution in [0.4, 0.5) is 5.69 Å². The van der Waals surface area contributed by atoms with E-state index in [1.54, 1.807) is 0 Å². The minimum atomic E-state index is 0.783. The fourth-order valence-corrected chi connectivity index (χ4v) is 2.32. The maximum atomic E-state index is 4.74. The molecule has 20 heavy (non-hydrogen) atoms. The first-order chi connectivity index (χ1) is 9.63. The van der Waals surface area contributed by atoms with Gasteiger partial charge in [-0.3, -0.25) is 4.99 Å². The maximum Gasteiger partial charge on any atom is 0.0739 e. The second kappa shape index (κ2) is 6.38. The zero-order chi connectivity index (χ0) is 14.5. The van der Waals surface area contributed by atoms with Crippen LogP contribution in [0.1, 0.15) is 23.6 Å². The SMILES string of the molecule is CCN=C(c1ccccc1)c1cc(C)ccc1N(C)C. The number of aryl methyl sites for hydroxylation is 1. The van der Waals surface area contributed by atoms with E-state index in [9.17, 15) is 0 Å². The van der Waals surface area contributed by atoms with Crippen LogP contribution in [0, 0.1) is 6.92 Å². The average molecular weight is 266 g/mol. The molecule has 2 aromatic rings. The molecular weight excluding hydrogens is 244 g/mol. The largest absolute Gasteiger partial charge is 0.377 e. The Hall–Kier alpha value is -2.09. The molecule has 0 aliphatic heterocycles. The molecule has 2 rings (SSSR count). The number of hydrogen-bond donors (Lipinski definition) is 0. The lowest BCUT2D eigenvalue weighted by Gasteiger charge is -2.19. The van der Waals surface area contributed by atoms with Gasteiger partial charge >= 0.3 is 0 Å². The molecule has 0 atom stereocenters. The quantitative estimate of drug-likeness (QED) is 0.766. The molecule has 2 aromatic carbocycles. The molecule has 0 aliphatic carbocycles. The van der Waals surface area contributed by atoms with E-state index in [-0.39, 0.29) is 0 Å². The molecule has 0 unspecified atom stereocenters. The van der Waals surface area contributed by atoms with Crippen LogP contribution in [-0.2, 0) is 0 Å². The zero-order valence-corrected chi connectivity index (χ0v) is 12.7. The van der Waals surface area contributed by atoms with Crippen molar-refractivity contribution in [3.63, 3.8) is 0 Å². The smallest absolute Gasteiger partial charge is 0.0739 e. The molecule has 104 valence electrons. The topological polar surface area (TPSA) is 15.6 Å². The highest BCUT2D eigenvalue weighted by atomic mass is 15.1. The summed E-state index contributed by atoms with van der Waals surface area (Å²) < 4.78 is 0. The molecule has 0 amide bonds. The Bertz CT molecular complexity index is 598. The van der Waals surface area contributed by atoms with Crippen molar-refractivity contribution in [2.24, 2.45) is 4.99 Å². The van der Waals surface area contributed by atoms with Gasteiger partial charge in [0, 0.05) is 37.5 Å². The highest BCUT2D eigenvalue weighted by Crippen LogP contribution is 2.24. The lowest BCUT2D eigenvalue weighted by atomic mass is 9.98. The first-order valence-corrected chi connectivity index (χ1v) is 7.01. The summed E-state index contributed by atoms with van der Waals surface area (Å²) in [7, 11) is 4.14. The Balaban J connectivity index is 2.62. The third-order valence-electron chi connectivity index (χ3n) is 3.25. The fraction of sp³-hybridized carbons (Fsp3) is 0.278. The minimum absolute atomic E-state index is 0.783. The van der Waals surface area contributed by atoms with E-state index < -0.39 is 0 Å². The third-order valence-corrected chi connectivity index (χ3v) is 3.25. The van der Waals surface area contributed by atoms with Crippen LogP contribution in [0.25, 0.3) is 0 Å². The number of aliphatic imine (C=N–C) groups is 1. The van der Waals surface area contributed by atoms with E-state index >= 15 is 0 Å². The van der Waals surface area contributed by atoms with Crippen molar-refractivity contribution in [3.8, 4) is 0 Å². The van der Waals surface area contributed by atoms with Crippen LogP contribution >= 0.6 is 0 Å². The molecule has 0 saturated carbocycles. The van der Waals surface area contributed by atoms with E-state index in [2.05, 4.69) is 75.3 Å². The number of benzene rings is 2. The summed E-state index contributed by atoms with van der Waals surface area (Å²) in [6.45, 7) is 4.98. The van der Waals surface area contributed by atoms with Crippen LogP contribution in [0.15, 0.2) is 53.5 Å². The van der Waals surface area contributed by atoms with Gasteiger partial charge in [-0.25, -0.2) is 0 Å². The Morgan fingerprint density at radius 3 is 2.35 bits per heavy atom. The molecular formula is C18H22N2. The third kappa shape index (κ3) is 3.08. The van der Waals surface area contributed by atoms with Gasteiger partial charge in [-0.1, -0.05) is 42.0 Å². The number of hydrogen-bond acceptors (Lipinski definition) is 2. The van der Waals surface area contributed by atoms with E-state index in [0.717, 1.165) is 12.3 Å². The molecule has 2 nitrogen and oxygen atoms in total. The summed E-state index contributed by atoms with van der Waals surface area (Å²) in [5.74, 6) is 0. The van der Waals surface area contributed by atoms with Crippen molar-refractivity contribution in [1.82, 2.24) is 0 Å². The van der Waals surface area contributed by atoms with Gasteiger partial charge in [0.2, 0.25) is 0 Å². The second-order valence-corrected chi connectivity index (χ2v) is 5.10. The van der Waals surface area contributed by atoms with Gasteiger partial charge in [-0.2, -0.15) is 0 Å². The fourth-order valence-electron chi connectivity index (χ4n) is 2.32. The standard InChI is InChI=1S/C18H22N2/c1-5-19-18(15-9-7-6-8-10-15)16-13-14(2)11-12-17(16)20(3)4/h6-13H,5H2,1-4H3. The lowest BCUT2D eigenvalue weighted by molar-refractivity contribution is 1.11. The summed E-state index contributed by atoms with van der Waals surface area (Å²) in [6.07, 6.45) is 0. The van der Waals surface area contributed by atoms with E-state index in [4.69, 9.17) is 4.99 Å². The first kappa shape index (κ1) is 14.3. The van der Waals surface area contributed by atoms with Gasteiger partial charge < -0.3 is 4.90 Å². The Labute approximate surface area is 121 Å². The molecule has 0 spiro atoms. The number of anilines is 1. The van der Waals surface area contributed by atoms with Crippen LogP contribution in [-0.4, -0.2) is 26.4 Å². The number of rotatable bonds is 4. The van der Waals surface area contributed by atoms with Crippen LogP contribution in [0.2, 0.25) is 0 Å². The molecule has 0 radical (unpaired) electrons. The first-order valence-electron chi connectivity index (χ1n) is 7.01. The van der Waals surface area contributed by atoms with Crippen molar-refractivity contribution in [2.75, 3.05) is 25.5 Å². The van der Waals surface area contributed by atoms with Crippen LogP contribution in [0.3, 0.4) is 0 Å². The van der Waals surface area contributed by atoms with E-state index in [1.807, 2.05) is 6.07 Å². The highest BCUT2D eigenvalue weighted by Gasteiger charge is 2.12. The zero-order valence-electron chi connectivity index (χ0n) is 12.7. The Morgan fingerprint density at radius 2 is 1.75 bits per heavy atom. The molecule has 0 bridgehead atoms. The Kier molecular flexibility index (Phi) is 4.57. The molecule has 0 N–H and O–H groups in total. The highest BCUT2D eigenvalue weighted by molar-refractivity contribution is 6.16. The number of nitrogens with zero attached hydrogens (tertiary/aromatic N) is 2. The minimum Gasteiger partial charge on any atom is -0.377 e. The van der Waals surface area contributed by atoms with Crippen LogP contribution < -0.4 is 4.90 Å². The van der Waals surface area contributed by atoms with E-state index in [1.165, 1.54) is 22.4 Å². The summed E-state index contributed by atoms with van der Waals surface area (Å²) in [4.78, 5) is 6.88. The van der Waals surface area contributed by atoms with Gasteiger partial charge in [0.15, 0.2) is 0 Å².